The molecule has 2 aromatic rings. The van der Waals surface area contributed by atoms with E-state index in [1.165, 1.54) is 29.3 Å². The van der Waals surface area contributed by atoms with E-state index in [9.17, 15) is 5.11 Å². The van der Waals surface area contributed by atoms with Crippen molar-refractivity contribution < 1.29 is 5.11 Å². The van der Waals surface area contributed by atoms with Crippen LogP contribution < -0.4 is 5.32 Å². The molecule has 1 saturated carbocycles. The van der Waals surface area contributed by atoms with Crippen LogP contribution in [0, 0.1) is 0 Å². The topological polar surface area (TPSA) is 37.2 Å². The van der Waals surface area contributed by atoms with E-state index in [0.717, 1.165) is 12.6 Å². The van der Waals surface area contributed by atoms with Crippen molar-refractivity contribution in [3.63, 3.8) is 0 Å². The van der Waals surface area contributed by atoms with Gasteiger partial charge in [0.25, 0.3) is 0 Å². The number of hydrogen-bond donors (Lipinski definition) is 2. The van der Waals surface area contributed by atoms with Crippen molar-refractivity contribution in [2.45, 2.75) is 45.0 Å². The normalized spacial score (nSPS) is 17.2. The van der Waals surface area contributed by atoms with Crippen LogP contribution >= 0.6 is 0 Å². The van der Waals surface area contributed by atoms with Crippen LogP contribution in [0.2, 0.25) is 0 Å². The maximum atomic E-state index is 9.50. The van der Waals surface area contributed by atoms with Crippen LogP contribution in [0.5, 0.6) is 0 Å². The third-order valence-electron chi connectivity index (χ3n) is 3.52. The first-order valence-electron chi connectivity index (χ1n) is 6.72. The minimum atomic E-state index is -0.311. The molecular weight excluding hydrogens is 224 g/mol. The molecular formula is C15H20N2O. The van der Waals surface area contributed by atoms with Crippen LogP contribution in [0.15, 0.2) is 30.5 Å². The molecule has 0 radical (unpaired) electrons. The van der Waals surface area contributed by atoms with Gasteiger partial charge in [0, 0.05) is 36.2 Å². The van der Waals surface area contributed by atoms with Crippen LogP contribution in [0.25, 0.3) is 10.9 Å². The zero-order chi connectivity index (χ0) is 12.5. The molecule has 0 saturated heterocycles. The van der Waals surface area contributed by atoms with E-state index in [1.807, 2.05) is 6.92 Å². The van der Waals surface area contributed by atoms with Gasteiger partial charge >= 0.3 is 0 Å². The first-order valence-corrected chi connectivity index (χ1v) is 6.72. The van der Waals surface area contributed by atoms with Crippen molar-refractivity contribution in [3.05, 3.63) is 36.0 Å². The summed E-state index contributed by atoms with van der Waals surface area (Å²) in [7, 11) is 0. The number of benzene rings is 1. The quantitative estimate of drug-likeness (QED) is 0.846. The number of hydrogen-bond acceptors (Lipinski definition) is 2. The van der Waals surface area contributed by atoms with Gasteiger partial charge in [0.05, 0.1) is 6.10 Å². The van der Waals surface area contributed by atoms with Crippen molar-refractivity contribution in [1.82, 2.24) is 9.88 Å². The van der Waals surface area contributed by atoms with Gasteiger partial charge in [0.1, 0.15) is 0 Å². The Bertz CT molecular complexity index is 540. The minimum Gasteiger partial charge on any atom is -0.392 e. The highest BCUT2D eigenvalue weighted by atomic mass is 16.3. The molecule has 1 aliphatic carbocycles. The predicted molar refractivity (Wildman–Crippen MR) is 73.5 cm³/mol. The molecule has 3 heteroatoms. The van der Waals surface area contributed by atoms with Crippen LogP contribution in [0.4, 0.5) is 0 Å². The molecule has 1 aliphatic rings. The highest BCUT2D eigenvalue weighted by molar-refractivity contribution is 5.83. The lowest BCUT2D eigenvalue weighted by molar-refractivity contribution is 0.175. The van der Waals surface area contributed by atoms with E-state index >= 15 is 0 Å². The molecule has 1 atom stereocenters. The lowest BCUT2D eigenvalue weighted by Crippen LogP contribution is -2.15. The largest absolute Gasteiger partial charge is 0.392 e. The van der Waals surface area contributed by atoms with Crippen LogP contribution in [-0.2, 0) is 13.1 Å². The third-order valence-corrected chi connectivity index (χ3v) is 3.52. The van der Waals surface area contributed by atoms with Gasteiger partial charge in [-0.05, 0) is 37.5 Å². The van der Waals surface area contributed by atoms with Crippen LogP contribution in [0.1, 0.15) is 25.3 Å². The lowest BCUT2D eigenvalue weighted by Gasteiger charge is -2.09. The van der Waals surface area contributed by atoms with E-state index in [-0.39, 0.29) is 6.10 Å². The molecule has 3 rings (SSSR count). The summed E-state index contributed by atoms with van der Waals surface area (Å²) in [5, 5.41) is 14.4. The summed E-state index contributed by atoms with van der Waals surface area (Å²) in [4.78, 5) is 0. The number of aliphatic hydroxyl groups excluding tert-OH is 1. The molecule has 1 aromatic heterocycles. The number of fused-ring (bicyclic) bond motifs is 1. The standard InChI is InChI=1S/C15H20N2O/c1-11(18)10-17-8-7-14-12(3-2-4-15(14)17)9-16-13-5-6-13/h2-4,7-8,11,13,16,18H,5-6,9-10H2,1H3. The maximum Gasteiger partial charge on any atom is 0.0691 e. The number of aliphatic hydroxyl groups is 1. The molecule has 2 N–H and O–H groups in total. The van der Waals surface area contributed by atoms with E-state index < -0.39 is 0 Å². The van der Waals surface area contributed by atoms with Gasteiger partial charge in [-0.25, -0.2) is 0 Å². The second-order valence-electron chi connectivity index (χ2n) is 5.32. The van der Waals surface area contributed by atoms with Gasteiger partial charge in [-0.15, -0.1) is 0 Å². The first-order chi connectivity index (χ1) is 8.74. The molecule has 0 aliphatic heterocycles. The Morgan fingerprint density at radius 3 is 2.94 bits per heavy atom. The fourth-order valence-corrected chi connectivity index (χ4v) is 2.43. The van der Waals surface area contributed by atoms with Crippen LogP contribution in [0.3, 0.4) is 0 Å². The maximum absolute atomic E-state index is 9.50. The highest BCUT2D eigenvalue weighted by Crippen LogP contribution is 2.23. The summed E-state index contributed by atoms with van der Waals surface area (Å²) in [6, 6.07) is 9.30. The molecule has 0 bridgehead atoms. The van der Waals surface area contributed by atoms with Gasteiger partial charge in [0.2, 0.25) is 0 Å². The van der Waals surface area contributed by atoms with E-state index in [4.69, 9.17) is 0 Å². The Morgan fingerprint density at radius 1 is 1.39 bits per heavy atom. The average Bonchev–Trinajstić information content (AvgIpc) is 3.09. The first kappa shape index (κ1) is 11.8. The molecule has 1 heterocycles. The van der Waals surface area contributed by atoms with E-state index in [2.05, 4.69) is 40.3 Å². The molecule has 0 spiro atoms. The van der Waals surface area contributed by atoms with Gasteiger partial charge in [-0.2, -0.15) is 0 Å². The van der Waals surface area contributed by atoms with E-state index in [1.54, 1.807) is 0 Å². The Kier molecular flexibility index (Phi) is 3.10. The minimum absolute atomic E-state index is 0.311. The zero-order valence-electron chi connectivity index (χ0n) is 10.8. The SMILES string of the molecule is CC(O)Cn1ccc2c(CNC3CC3)cccc21. The summed E-state index contributed by atoms with van der Waals surface area (Å²) in [5.41, 5.74) is 2.56. The molecule has 18 heavy (non-hydrogen) atoms. The number of rotatable bonds is 5. The smallest absolute Gasteiger partial charge is 0.0691 e. The Balaban J connectivity index is 1.87. The van der Waals surface area contributed by atoms with Gasteiger partial charge in [-0.3, -0.25) is 0 Å². The van der Waals surface area contributed by atoms with Gasteiger partial charge in [-0.1, -0.05) is 12.1 Å². The van der Waals surface area contributed by atoms with Crippen molar-refractivity contribution in [1.29, 1.82) is 0 Å². The van der Waals surface area contributed by atoms with Crippen molar-refractivity contribution in [3.8, 4) is 0 Å². The van der Waals surface area contributed by atoms with Crippen molar-refractivity contribution in [2.75, 3.05) is 0 Å². The lowest BCUT2D eigenvalue weighted by atomic mass is 10.1. The molecule has 1 aromatic carbocycles. The fraction of sp³-hybridized carbons (Fsp3) is 0.467. The summed E-state index contributed by atoms with van der Waals surface area (Å²) >= 11 is 0. The fourth-order valence-electron chi connectivity index (χ4n) is 2.43. The summed E-state index contributed by atoms with van der Waals surface area (Å²) in [6.45, 7) is 3.42. The van der Waals surface area contributed by atoms with Crippen molar-refractivity contribution in [2.24, 2.45) is 0 Å². The molecule has 96 valence electrons. The summed E-state index contributed by atoms with van der Waals surface area (Å²) < 4.78 is 2.13. The monoisotopic (exact) mass is 244 g/mol. The van der Waals surface area contributed by atoms with Crippen LogP contribution in [-0.4, -0.2) is 21.8 Å². The number of aromatic nitrogens is 1. The van der Waals surface area contributed by atoms with E-state index in [0.29, 0.717) is 6.54 Å². The summed E-state index contributed by atoms with van der Waals surface area (Å²) in [5.74, 6) is 0. The second kappa shape index (κ2) is 4.75. The molecule has 3 nitrogen and oxygen atoms in total. The third kappa shape index (κ3) is 2.42. The molecule has 1 unspecified atom stereocenters. The van der Waals surface area contributed by atoms with Gasteiger partial charge in [0.15, 0.2) is 0 Å². The zero-order valence-corrected chi connectivity index (χ0v) is 10.8. The molecule has 0 amide bonds. The Labute approximate surface area is 107 Å². The highest BCUT2D eigenvalue weighted by Gasteiger charge is 2.20. The average molecular weight is 244 g/mol. The number of nitrogens with zero attached hydrogens (tertiary/aromatic N) is 1. The predicted octanol–water partition coefficient (Wildman–Crippen LogP) is 2.27. The number of nitrogens with one attached hydrogen (secondary N) is 1. The second-order valence-corrected chi connectivity index (χ2v) is 5.32. The Hall–Kier alpha value is -1.32. The van der Waals surface area contributed by atoms with Crippen molar-refractivity contribution >= 4 is 10.9 Å². The Morgan fingerprint density at radius 2 is 2.22 bits per heavy atom. The summed E-state index contributed by atoms with van der Waals surface area (Å²) in [6.07, 6.45) is 4.39. The van der Waals surface area contributed by atoms with Gasteiger partial charge < -0.3 is 15.0 Å². The molecule has 1 fully saturated rings.